The maximum Gasteiger partial charge on any atom is 0.176 e. The highest BCUT2D eigenvalue weighted by molar-refractivity contribution is 5.52. The molecule has 0 aliphatic carbocycles. The molecule has 0 spiro atoms. The minimum Gasteiger partial charge on any atom is -0.446 e. The number of hydrogen-bond donors (Lipinski definition) is 0. The van der Waals surface area contributed by atoms with E-state index >= 15 is 0 Å². The van der Waals surface area contributed by atoms with Gasteiger partial charge in [0.2, 0.25) is 0 Å². The monoisotopic (exact) mass is 163 g/mol. The minimum atomic E-state index is 0.837. The highest BCUT2D eigenvalue weighted by atomic mass is 16.5. The van der Waals surface area contributed by atoms with Crippen LogP contribution in [0.15, 0.2) is 23.2 Å². The number of benzene rings is 1. The van der Waals surface area contributed by atoms with E-state index in [1.165, 1.54) is 17.5 Å². The van der Waals surface area contributed by atoms with Gasteiger partial charge in [0.25, 0.3) is 0 Å². The topological polar surface area (TPSA) is 21.6 Å². The van der Waals surface area contributed by atoms with Gasteiger partial charge in [-0.25, -0.2) is 0 Å². The van der Waals surface area contributed by atoms with Crippen LogP contribution in [0.2, 0.25) is 0 Å². The van der Waals surface area contributed by atoms with Crippen LogP contribution in [0, 0.1) is 13.8 Å². The number of aliphatic imine (C=N–C) groups is 1. The van der Waals surface area contributed by atoms with Crippen molar-refractivity contribution in [3.63, 3.8) is 0 Å². The molecule has 2 heteroatoms. The van der Waals surface area contributed by atoms with Gasteiger partial charge >= 0.3 is 0 Å². The molecule has 0 aromatic heterocycles. The van der Waals surface area contributed by atoms with Gasteiger partial charge in [0.15, 0.2) is 6.40 Å². The van der Waals surface area contributed by atoms with Crippen molar-refractivity contribution in [2.24, 2.45) is 4.99 Å². The lowest BCUT2D eigenvalue weighted by Crippen LogP contribution is -1.90. The van der Waals surface area contributed by atoms with Gasteiger partial charge in [-0.15, -0.1) is 0 Å². The first-order valence-corrected chi connectivity index (χ1v) is 3.88. The highest BCUT2D eigenvalue weighted by Gasteiger charge is 1.94. The summed E-state index contributed by atoms with van der Waals surface area (Å²) in [4.78, 5) is 3.74. The average molecular weight is 163 g/mol. The van der Waals surface area contributed by atoms with E-state index < -0.39 is 0 Å². The zero-order valence-corrected chi connectivity index (χ0v) is 7.66. The molecule has 0 aliphatic rings. The summed E-state index contributed by atoms with van der Waals surface area (Å²) in [5.74, 6) is 0.837. The molecule has 0 heterocycles. The Hall–Kier alpha value is -1.31. The van der Waals surface area contributed by atoms with Crippen molar-refractivity contribution >= 4 is 6.40 Å². The zero-order chi connectivity index (χ0) is 8.97. The molecule has 0 atom stereocenters. The number of nitrogens with zero attached hydrogens (tertiary/aromatic N) is 1. The van der Waals surface area contributed by atoms with E-state index in [0.29, 0.717) is 0 Å². The van der Waals surface area contributed by atoms with E-state index in [-0.39, 0.29) is 0 Å². The summed E-state index contributed by atoms with van der Waals surface area (Å²) in [6, 6.07) is 5.97. The summed E-state index contributed by atoms with van der Waals surface area (Å²) in [6.07, 6.45) is 1.43. The number of hydrogen-bond acceptors (Lipinski definition) is 2. The van der Waals surface area contributed by atoms with Crippen LogP contribution < -0.4 is 4.74 Å². The van der Waals surface area contributed by atoms with Crippen molar-refractivity contribution in [2.75, 3.05) is 7.05 Å². The zero-order valence-electron chi connectivity index (χ0n) is 7.66. The summed E-state index contributed by atoms with van der Waals surface area (Å²) in [6.45, 7) is 4.14. The minimum absolute atomic E-state index is 0.837. The van der Waals surface area contributed by atoms with Crippen molar-refractivity contribution in [2.45, 2.75) is 13.8 Å². The molecule has 1 aromatic carbocycles. The summed E-state index contributed by atoms with van der Waals surface area (Å²) in [7, 11) is 1.68. The van der Waals surface area contributed by atoms with Crippen molar-refractivity contribution in [3.05, 3.63) is 29.3 Å². The molecule has 0 unspecified atom stereocenters. The summed E-state index contributed by atoms with van der Waals surface area (Å²) >= 11 is 0. The number of rotatable bonds is 2. The summed E-state index contributed by atoms with van der Waals surface area (Å²) < 4.78 is 5.20. The van der Waals surface area contributed by atoms with Gasteiger partial charge in [-0.3, -0.25) is 4.99 Å². The fraction of sp³-hybridized carbons (Fsp3) is 0.300. The van der Waals surface area contributed by atoms with Crippen LogP contribution in [0.1, 0.15) is 11.1 Å². The molecular weight excluding hydrogens is 150 g/mol. The summed E-state index contributed by atoms with van der Waals surface area (Å²) in [5.41, 5.74) is 2.51. The molecule has 0 saturated carbocycles. The second-order valence-electron chi connectivity index (χ2n) is 2.73. The Morgan fingerprint density at radius 2 is 2.00 bits per heavy atom. The molecule has 0 bridgehead atoms. The van der Waals surface area contributed by atoms with Gasteiger partial charge in [0.05, 0.1) is 0 Å². The fourth-order valence-corrected chi connectivity index (χ4v) is 0.901. The van der Waals surface area contributed by atoms with E-state index in [2.05, 4.69) is 18.8 Å². The largest absolute Gasteiger partial charge is 0.446 e. The van der Waals surface area contributed by atoms with Crippen LogP contribution >= 0.6 is 0 Å². The molecule has 0 saturated heterocycles. The molecule has 0 N–H and O–H groups in total. The lowest BCUT2D eigenvalue weighted by atomic mass is 10.1. The standard InChI is InChI=1S/C10H13NO/c1-8-4-5-10(6-9(8)2)12-7-11-3/h4-7H,1-3H3. The van der Waals surface area contributed by atoms with Gasteiger partial charge in [0, 0.05) is 7.05 Å². The third-order valence-electron chi connectivity index (χ3n) is 1.77. The first kappa shape index (κ1) is 8.78. The smallest absolute Gasteiger partial charge is 0.176 e. The fourth-order valence-electron chi connectivity index (χ4n) is 0.901. The molecule has 0 fully saturated rings. The van der Waals surface area contributed by atoms with Crippen molar-refractivity contribution in [1.82, 2.24) is 0 Å². The first-order valence-electron chi connectivity index (χ1n) is 3.88. The lowest BCUT2D eigenvalue weighted by Gasteiger charge is -2.02. The third kappa shape index (κ3) is 2.09. The molecule has 64 valence electrons. The number of aryl methyl sites for hydroxylation is 2. The average Bonchev–Trinajstić information content (AvgIpc) is 2.07. The van der Waals surface area contributed by atoms with E-state index in [4.69, 9.17) is 4.74 Å². The third-order valence-corrected chi connectivity index (χ3v) is 1.77. The predicted octanol–water partition coefficient (Wildman–Crippen LogP) is 2.34. The highest BCUT2D eigenvalue weighted by Crippen LogP contribution is 2.15. The Balaban J connectivity index is 2.82. The van der Waals surface area contributed by atoms with E-state index in [0.717, 1.165) is 5.75 Å². The Bertz CT molecular complexity index is 292. The van der Waals surface area contributed by atoms with E-state index in [1.807, 2.05) is 18.2 Å². The Labute approximate surface area is 72.9 Å². The summed E-state index contributed by atoms with van der Waals surface area (Å²) in [5, 5.41) is 0. The van der Waals surface area contributed by atoms with E-state index in [9.17, 15) is 0 Å². The van der Waals surface area contributed by atoms with Crippen LogP contribution in [0.25, 0.3) is 0 Å². The van der Waals surface area contributed by atoms with Crippen LogP contribution in [-0.4, -0.2) is 13.4 Å². The van der Waals surface area contributed by atoms with Crippen molar-refractivity contribution in [1.29, 1.82) is 0 Å². The van der Waals surface area contributed by atoms with Gasteiger partial charge in [-0.1, -0.05) is 6.07 Å². The Morgan fingerprint density at radius 1 is 1.25 bits per heavy atom. The Kier molecular flexibility index (Phi) is 2.86. The molecule has 2 nitrogen and oxygen atoms in total. The maximum absolute atomic E-state index is 5.20. The van der Waals surface area contributed by atoms with Crippen LogP contribution in [0.4, 0.5) is 0 Å². The molecule has 0 aliphatic heterocycles. The van der Waals surface area contributed by atoms with Crippen molar-refractivity contribution in [3.8, 4) is 5.75 Å². The lowest BCUT2D eigenvalue weighted by molar-refractivity contribution is 0.572. The van der Waals surface area contributed by atoms with Gasteiger partial charge in [-0.05, 0) is 37.1 Å². The first-order chi connectivity index (χ1) is 5.74. The quantitative estimate of drug-likeness (QED) is 0.484. The molecule has 1 rings (SSSR count). The van der Waals surface area contributed by atoms with Gasteiger partial charge in [-0.2, -0.15) is 0 Å². The van der Waals surface area contributed by atoms with Crippen LogP contribution in [-0.2, 0) is 0 Å². The van der Waals surface area contributed by atoms with Crippen LogP contribution in [0.3, 0.4) is 0 Å². The SMILES string of the molecule is CN=COc1ccc(C)c(C)c1. The maximum atomic E-state index is 5.20. The molecule has 1 aromatic rings. The second-order valence-corrected chi connectivity index (χ2v) is 2.73. The second kappa shape index (κ2) is 3.90. The Morgan fingerprint density at radius 3 is 2.58 bits per heavy atom. The molecular formula is C10H13NO. The van der Waals surface area contributed by atoms with Gasteiger partial charge < -0.3 is 4.74 Å². The van der Waals surface area contributed by atoms with Gasteiger partial charge in [0.1, 0.15) is 5.75 Å². The molecule has 0 radical (unpaired) electrons. The molecule has 0 amide bonds. The normalized spacial score (nSPS) is 10.6. The predicted molar refractivity (Wildman–Crippen MR) is 51.0 cm³/mol. The number of ether oxygens (including phenoxy) is 1. The van der Waals surface area contributed by atoms with Crippen molar-refractivity contribution < 1.29 is 4.74 Å². The molecule has 12 heavy (non-hydrogen) atoms. The van der Waals surface area contributed by atoms with Crippen LogP contribution in [0.5, 0.6) is 5.75 Å². The van der Waals surface area contributed by atoms with E-state index in [1.54, 1.807) is 7.05 Å².